The van der Waals surface area contributed by atoms with Crippen molar-refractivity contribution in [3.05, 3.63) is 53.6 Å². The van der Waals surface area contributed by atoms with Crippen molar-refractivity contribution in [2.24, 2.45) is 0 Å². The minimum Gasteiger partial charge on any atom is -0.497 e. The molecule has 3 rings (SSSR count). The number of ether oxygens (including phenoxy) is 2. The molecule has 0 unspecified atom stereocenters. The van der Waals surface area contributed by atoms with E-state index in [9.17, 15) is 4.79 Å². The summed E-state index contributed by atoms with van der Waals surface area (Å²) in [4.78, 5) is 16.5. The molecule has 0 atom stereocenters. The van der Waals surface area contributed by atoms with Gasteiger partial charge in [-0.1, -0.05) is 6.07 Å². The van der Waals surface area contributed by atoms with E-state index in [1.54, 1.807) is 50.6 Å². The zero-order chi connectivity index (χ0) is 18.5. The number of nitrogens with one attached hydrogen (secondary N) is 2. The molecule has 8 nitrogen and oxygen atoms in total. The van der Waals surface area contributed by atoms with Gasteiger partial charge in [0.2, 0.25) is 5.95 Å². The van der Waals surface area contributed by atoms with Crippen LogP contribution in [0.15, 0.2) is 42.5 Å². The summed E-state index contributed by atoms with van der Waals surface area (Å²) in [5.41, 5.74) is 1.42. The van der Waals surface area contributed by atoms with Crippen LogP contribution in [0.3, 0.4) is 0 Å². The van der Waals surface area contributed by atoms with Crippen LogP contribution in [0.1, 0.15) is 15.9 Å². The molecule has 1 heterocycles. The molecule has 8 heteroatoms. The third kappa shape index (κ3) is 3.47. The molecule has 1 aromatic heterocycles. The van der Waals surface area contributed by atoms with Crippen LogP contribution in [0.2, 0.25) is 0 Å². The van der Waals surface area contributed by atoms with E-state index in [1.807, 2.05) is 6.07 Å². The van der Waals surface area contributed by atoms with E-state index in [0.717, 1.165) is 0 Å². The van der Waals surface area contributed by atoms with E-state index < -0.39 is 5.91 Å². The molecule has 2 aromatic carbocycles. The standard InChI is InChI=1S/C18H15N5O3/c1-25-13-6-7-14(15(9-13)26-2)16-20-18(23-22-16)21-17(24)12-5-3-4-11(8-12)10-19/h3-9H,1-2H3,(H2,20,21,22,23,24). The van der Waals surface area contributed by atoms with Gasteiger partial charge in [0.25, 0.3) is 5.91 Å². The summed E-state index contributed by atoms with van der Waals surface area (Å²) in [7, 11) is 3.11. The van der Waals surface area contributed by atoms with Crippen LogP contribution in [-0.4, -0.2) is 35.3 Å². The van der Waals surface area contributed by atoms with Crippen molar-refractivity contribution >= 4 is 11.9 Å². The van der Waals surface area contributed by atoms with Crippen LogP contribution in [0, 0.1) is 11.3 Å². The van der Waals surface area contributed by atoms with Crippen molar-refractivity contribution in [2.45, 2.75) is 0 Å². The fraction of sp³-hybridized carbons (Fsp3) is 0.111. The summed E-state index contributed by atoms with van der Waals surface area (Å²) in [6.07, 6.45) is 0. The normalized spacial score (nSPS) is 10.0. The number of anilines is 1. The predicted octanol–water partition coefficient (Wildman–Crippen LogP) is 2.61. The second-order valence-corrected chi connectivity index (χ2v) is 5.22. The first-order valence-corrected chi connectivity index (χ1v) is 7.61. The number of rotatable bonds is 5. The lowest BCUT2D eigenvalue weighted by Gasteiger charge is -2.07. The Hall–Kier alpha value is -3.86. The van der Waals surface area contributed by atoms with E-state index in [0.29, 0.717) is 34.0 Å². The Labute approximate surface area is 149 Å². The van der Waals surface area contributed by atoms with Crippen molar-refractivity contribution in [3.8, 4) is 29.0 Å². The molecule has 0 aliphatic carbocycles. The average Bonchev–Trinajstić information content (AvgIpc) is 3.15. The second-order valence-electron chi connectivity index (χ2n) is 5.22. The van der Waals surface area contributed by atoms with Gasteiger partial charge in [-0.3, -0.25) is 15.2 Å². The van der Waals surface area contributed by atoms with Gasteiger partial charge in [0, 0.05) is 11.6 Å². The van der Waals surface area contributed by atoms with Crippen LogP contribution in [0.5, 0.6) is 11.5 Å². The molecule has 130 valence electrons. The number of hydrogen-bond acceptors (Lipinski definition) is 6. The van der Waals surface area contributed by atoms with Gasteiger partial charge in [0.05, 0.1) is 31.4 Å². The molecule has 0 bridgehead atoms. The maximum absolute atomic E-state index is 12.3. The molecular formula is C18H15N5O3. The van der Waals surface area contributed by atoms with Gasteiger partial charge < -0.3 is 9.47 Å². The van der Waals surface area contributed by atoms with Gasteiger partial charge >= 0.3 is 0 Å². The lowest BCUT2D eigenvalue weighted by molar-refractivity contribution is 0.102. The van der Waals surface area contributed by atoms with Gasteiger partial charge in [-0.15, -0.1) is 5.10 Å². The van der Waals surface area contributed by atoms with Gasteiger partial charge in [-0.05, 0) is 30.3 Å². The Morgan fingerprint density at radius 3 is 2.77 bits per heavy atom. The first kappa shape index (κ1) is 17.0. The number of amides is 1. The highest BCUT2D eigenvalue weighted by molar-refractivity contribution is 6.03. The number of hydrogen-bond donors (Lipinski definition) is 2. The van der Waals surface area contributed by atoms with E-state index in [-0.39, 0.29) is 5.95 Å². The predicted molar refractivity (Wildman–Crippen MR) is 94.0 cm³/mol. The third-order valence-corrected chi connectivity index (χ3v) is 3.63. The Morgan fingerprint density at radius 1 is 1.19 bits per heavy atom. The highest BCUT2D eigenvalue weighted by Crippen LogP contribution is 2.31. The molecule has 3 aromatic rings. The first-order valence-electron chi connectivity index (χ1n) is 7.61. The highest BCUT2D eigenvalue weighted by atomic mass is 16.5. The molecule has 2 N–H and O–H groups in total. The van der Waals surface area contributed by atoms with E-state index in [4.69, 9.17) is 14.7 Å². The summed E-state index contributed by atoms with van der Waals surface area (Å²) in [6, 6.07) is 13.6. The molecule has 0 fully saturated rings. The van der Waals surface area contributed by atoms with E-state index in [2.05, 4.69) is 20.5 Å². The monoisotopic (exact) mass is 349 g/mol. The van der Waals surface area contributed by atoms with Crippen LogP contribution in [0.25, 0.3) is 11.4 Å². The number of methoxy groups -OCH3 is 2. The van der Waals surface area contributed by atoms with Crippen LogP contribution < -0.4 is 14.8 Å². The van der Waals surface area contributed by atoms with Crippen molar-refractivity contribution in [2.75, 3.05) is 19.5 Å². The van der Waals surface area contributed by atoms with E-state index >= 15 is 0 Å². The number of aromatic amines is 1. The third-order valence-electron chi connectivity index (χ3n) is 3.63. The molecule has 0 saturated heterocycles. The molecule has 0 aliphatic heterocycles. The van der Waals surface area contributed by atoms with Crippen molar-refractivity contribution < 1.29 is 14.3 Å². The number of nitrogens with zero attached hydrogens (tertiary/aromatic N) is 3. The molecular weight excluding hydrogens is 334 g/mol. The maximum atomic E-state index is 12.3. The second kappa shape index (κ2) is 7.36. The topological polar surface area (TPSA) is 113 Å². The molecule has 0 saturated carbocycles. The molecule has 0 radical (unpaired) electrons. The number of nitriles is 1. The van der Waals surface area contributed by atoms with Crippen LogP contribution in [-0.2, 0) is 0 Å². The van der Waals surface area contributed by atoms with Gasteiger partial charge in [-0.25, -0.2) is 0 Å². The lowest BCUT2D eigenvalue weighted by atomic mass is 10.1. The Kier molecular flexibility index (Phi) is 4.80. The van der Waals surface area contributed by atoms with Gasteiger partial charge in [-0.2, -0.15) is 10.2 Å². The summed E-state index contributed by atoms with van der Waals surface area (Å²) in [5, 5.41) is 18.3. The fourth-order valence-electron chi connectivity index (χ4n) is 2.34. The zero-order valence-corrected chi connectivity index (χ0v) is 14.1. The number of aromatic nitrogens is 3. The van der Waals surface area contributed by atoms with Gasteiger partial charge in [0.15, 0.2) is 5.82 Å². The zero-order valence-electron chi connectivity index (χ0n) is 14.1. The van der Waals surface area contributed by atoms with Crippen molar-refractivity contribution in [1.82, 2.24) is 15.2 Å². The van der Waals surface area contributed by atoms with E-state index in [1.165, 1.54) is 6.07 Å². The number of carbonyl (C=O) groups is 1. The molecule has 26 heavy (non-hydrogen) atoms. The van der Waals surface area contributed by atoms with Gasteiger partial charge in [0.1, 0.15) is 11.5 Å². The number of H-pyrrole nitrogens is 1. The minimum absolute atomic E-state index is 0.116. The summed E-state index contributed by atoms with van der Waals surface area (Å²) >= 11 is 0. The summed E-state index contributed by atoms with van der Waals surface area (Å²) in [5.74, 6) is 1.35. The number of carbonyl (C=O) groups excluding carboxylic acids is 1. The largest absolute Gasteiger partial charge is 0.497 e. The Morgan fingerprint density at radius 2 is 2.04 bits per heavy atom. The maximum Gasteiger partial charge on any atom is 0.258 e. The Balaban J connectivity index is 1.82. The van der Waals surface area contributed by atoms with Crippen molar-refractivity contribution in [1.29, 1.82) is 5.26 Å². The minimum atomic E-state index is -0.408. The smallest absolute Gasteiger partial charge is 0.258 e. The summed E-state index contributed by atoms with van der Waals surface area (Å²) in [6.45, 7) is 0. The van der Waals surface area contributed by atoms with Crippen molar-refractivity contribution in [3.63, 3.8) is 0 Å². The Bertz CT molecular complexity index is 990. The van der Waals surface area contributed by atoms with Crippen LogP contribution in [0.4, 0.5) is 5.95 Å². The first-order chi connectivity index (χ1) is 12.6. The fourth-order valence-corrected chi connectivity index (χ4v) is 2.34. The average molecular weight is 349 g/mol. The van der Waals surface area contributed by atoms with Crippen LogP contribution >= 0.6 is 0 Å². The molecule has 1 amide bonds. The SMILES string of the molecule is COc1ccc(-c2nc(NC(=O)c3cccc(C#N)c3)n[nH]2)c(OC)c1. The molecule has 0 spiro atoms. The summed E-state index contributed by atoms with van der Waals surface area (Å²) < 4.78 is 10.5. The number of benzene rings is 2. The molecule has 0 aliphatic rings. The highest BCUT2D eigenvalue weighted by Gasteiger charge is 2.14. The lowest BCUT2D eigenvalue weighted by Crippen LogP contribution is -2.13. The quantitative estimate of drug-likeness (QED) is 0.732.